The van der Waals surface area contributed by atoms with Crippen molar-refractivity contribution in [3.63, 3.8) is 0 Å². The Morgan fingerprint density at radius 1 is 1.12 bits per heavy atom. The van der Waals surface area contributed by atoms with Gasteiger partial charge in [-0.15, -0.1) is 0 Å². The molecule has 2 N–H and O–H groups in total. The van der Waals surface area contributed by atoms with Gasteiger partial charge in [-0.2, -0.15) is 0 Å². The molecule has 44 valence electrons. The van der Waals surface area contributed by atoms with E-state index in [4.69, 9.17) is 0 Å². The van der Waals surface area contributed by atoms with Gasteiger partial charge in [0.15, 0.2) is 0 Å². The molecule has 1 saturated carbocycles. The molecular weight excluding hydrogens is 100 g/mol. The van der Waals surface area contributed by atoms with Gasteiger partial charge in [0.25, 0.3) is 0 Å². The molecule has 1 aliphatic heterocycles. The first-order chi connectivity index (χ1) is 3.97. The molecule has 0 aromatic carbocycles. The Bertz CT molecular complexity index is 108. The van der Waals surface area contributed by atoms with Gasteiger partial charge in [-0.25, -0.2) is 0 Å². The first kappa shape index (κ1) is 4.24. The van der Waals surface area contributed by atoms with Crippen LogP contribution >= 0.6 is 0 Å². The van der Waals surface area contributed by atoms with Gasteiger partial charge in [-0.05, 0) is 18.8 Å². The van der Waals surface area contributed by atoms with Gasteiger partial charge in [0.2, 0.25) is 0 Å². The summed E-state index contributed by atoms with van der Waals surface area (Å²) in [6.45, 7) is 0. The van der Waals surface area contributed by atoms with E-state index in [2.05, 4.69) is 10.6 Å². The Labute approximate surface area is 49.0 Å². The van der Waals surface area contributed by atoms with Crippen LogP contribution in [0.15, 0.2) is 12.4 Å². The monoisotopic (exact) mass is 110 g/mol. The predicted octanol–water partition coefficient (Wildman–Crippen LogP) is 0.386. The Kier molecular flexibility index (Phi) is 0.745. The van der Waals surface area contributed by atoms with Crippen LogP contribution in [-0.4, -0.2) is 6.17 Å². The third kappa shape index (κ3) is 0.565. The van der Waals surface area contributed by atoms with Crippen molar-refractivity contribution in [3.8, 4) is 0 Å². The molecular formula is C6H10N2. The number of hydrogen-bond donors (Lipinski definition) is 2. The Morgan fingerprint density at radius 3 is 2.25 bits per heavy atom. The molecule has 2 rings (SSSR count). The van der Waals surface area contributed by atoms with Gasteiger partial charge < -0.3 is 10.6 Å². The van der Waals surface area contributed by atoms with Gasteiger partial charge >= 0.3 is 0 Å². The average molecular weight is 110 g/mol. The molecule has 8 heavy (non-hydrogen) atoms. The van der Waals surface area contributed by atoms with Crippen molar-refractivity contribution in [2.75, 3.05) is 0 Å². The summed E-state index contributed by atoms with van der Waals surface area (Å²) in [5.41, 5.74) is 0. The van der Waals surface area contributed by atoms with E-state index in [9.17, 15) is 0 Å². The molecule has 2 nitrogen and oxygen atoms in total. The summed E-state index contributed by atoms with van der Waals surface area (Å²) in [6.07, 6.45) is 7.31. The van der Waals surface area contributed by atoms with Crippen molar-refractivity contribution in [2.45, 2.75) is 19.0 Å². The van der Waals surface area contributed by atoms with E-state index in [1.54, 1.807) is 0 Å². The van der Waals surface area contributed by atoms with Crippen molar-refractivity contribution in [2.24, 2.45) is 5.92 Å². The van der Waals surface area contributed by atoms with Crippen LogP contribution in [0.25, 0.3) is 0 Å². The summed E-state index contributed by atoms with van der Waals surface area (Å²) in [4.78, 5) is 0. The maximum atomic E-state index is 3.23. The Hall–Kier alpha value is -0.660. The zero-order chi connectivity index (χ0) is 5.40. The van der Waals surface area contributed by atoms with Gasteiger partial charge in [0.1, 0.15) is 0 Å². The Balaban J connectivity index is 1.90. The van der Waals surface area contributed by atoms with Gasteiger partial charge in [0, 0.05) is 12.4 Å². The van der Waals surface area contributed by atoms with E-state index in [1.165, 1.54) is 12.8 Å². The van der Waals surface area contributed by atoms with Gasteiger partial charge in [0.05, 0.1) is 6.17 Å². The van der Waals surface area contributed by atoms with E-state index in [1.807, 2.05) is 12.4 Å². The molecule has 0 spiro atoms. The van der Waals surface area contributed by atoms with Crippen LogP contribution in [0.2, 0.25) is 0 Å². The van der Waals surface area contributed by atoms with Crippen LogP contribution in [-0.2, 0) is 0 Å². The first-order valence-corrected chi connectivity index (χ1v) is 3.14. The standard InChI is InChI=1S/C6H10N2/c1-2-5(1)6-7-3-4-8-6/h3-8H,1-2H2. The molecule has 0 radical (unpaired) electrons. The maximum absolute atomic E-state index is 3.23. The third-order valence-electron chi connectivity index (χ3n) is 1.73. The summed E-state index contributed by atoms with van der Waals surface area (Å²) in [7, 11) is 0. The minimum Gasteiger partial charge on any atom is -0.370 e. The lowest BCUT2D eigenvalue weighted by Gasteiger charge is -2.08. The van der Waals surface area contributed by atoms with Crippen LogP contribution in [0.5, 0.6) is 0 Å². The average Bonchev–Trinajstić information content (AvgIpc) is 2.49. The molecule has 0 atom stereocenters. The molecule has 0 unspecified atom stereocenters. The fraction of sp³-hybridized carbons (Fsp3) is 0.667. The van der Waals surface area contributed by atoms with Crippen molar-refractivity contribution in [1.29, 1.82) is 0 Å². The van der Waals surface area contributed by atoms with E-state index < -0.39 is 0 Å². The topological polar surface area (TPSA) is 24.1 Å². The molecule has 0 aromatic rings. The second-order valence-electron chi connectivity index (χ2n) is 2.48. The maximum Gasteiger partial charge on any atom is 0.0984 e. The normalized spacial score (nSPS) is 27.5. The van der Waals surface area contributed by atoms with E-state index in [0.29, 0.717) is 6.17 Å². The second-order valence-corrected chi connectivity index (χ2v) is 2.48. The summed E-state index contributed by atoms with van der Waals surface area (Å²) in [6, 6.07) is 0. The van der Waals surface area contributed by atoms with Crippen LogP contribution in [0.4, 0.5) is 0 Å². The smallest absolute Gasteiger partial charge is 0.0984 e. The van der Waals surface area contributed by atoms with Crippen LogP contribution in [0.1, 0.15) is 12.8 Å². The van der Waals surface area contributed by atoms with Crippen LogP contribution in [0.3, 0.4) is 0 Å². The van der Waals surface area contributed by atoms with Crippen molar-refractivity contribution < 1.29 is 0 Å². The minimum atomic E-state index is 0.565. The molecule has 0 aromatic heterocycles. The van der Waals surface area contributed by atoms with E-state index in [-0.39, 0.29) is 0 Å². The molecule has 2 aliphatic rings. The molecule has 0 amide bonds. The highest BCUT2D eigenvalue weighted by Crippen LogP contribution is 2.32. The zero-order valence-electron chi connectivity index (χ0n) is 4.72. The highest BCUT2D eigenvalue weighted by atomic mass is 15.2. The molecule has 0 bridgehead atoms. The molecule has 0 saturated heterocycles. The summed E-state index contributed by atoms with van der Waals surface area (Å²) in [5, 5.41) is 6.45. The first-order valence-electron chi connectivity index (χ1n) is 3.14. The van der Waals surface area contributed by atoms with E-state index >= 15 is 0 Å². The molecule has 2 heteroatoms. The largest absolute Gasteiger partial charge is 0.370 e. The lowest BCUT2D eigenvalue weighted by molar-refractivity contribution is 0.507. The lowest BCUT2D eigenvalue weighted by Crippen LogP contribution is -2.32. The highest BCUT2D eigenvalue weighted by molar-refractivity contribution is 4.97. The minimum absolute atomic E-state index is 0.565. The van der Waals surface area contributed by atoms with Crippen molar-refractivity contribution >= 4 is 0 Å². The quantitative estimate of drug-likeness (QED) is 0.510. The second kappa shape index (κ2) is 1.41. The van der Waals surface area contributed by atoms with Crippen LogP contribution < -0.4 is 10.6 Å². The molecule has 1 fully saturated rings. The number of rotatable bonds is 1. The zero-order valence-corrected chi connectivity index (χ0v) is 4.72. The highest BCUT2D eigenvalue weighted by Gasteiger charge is 2.30. The molecule has 1 heterocycles. The summed E-state index contributed by atoms with van der Waals surface area (Å²) >= 11 is 0. The fourth-order valence-electron chi connectivity index (χ4n) is 1.05. The van der Waals surface area contributed by atoms with E-state index in [0.717, 1.165) is 5.92 Å². The van der Waals surface area contributed by atoms with Gasteiger partial charge in [-0.3, -0.25) is 0 Å². The van der Waals surface area contributed by atoms with Gasteiger partial charge in [-0.1, -0.05) is 0 Å². The molecule has 1 aliphatic carbocycles. The number of nitrogens with one attached hydrogen (secondary N) is 2. The summed E-state index contributed by atoms with van der Waals surface area (Å²) < 4.78 is 0. The van der Waals surface area contributed by atoms with Crippen molar-refractivity contribution in [3.05, 3.63) is 12.4 Å². The van der Waals surface area contributed by atoms with Crippen molar-refractivity contribution in [1.82, 2.24) is 10.6 Å². The Morgan fingerprint density at radius 2 is 1.75 bits per heavy atom. The third-order valence-corrected chi connectivity index (χ3v) is 1.73. The number of hydrogen-bond acceptors (Lipinski definition) is 2. The fourth-order valence-corrected chi connectivity index (χ4v) is 1.05. The SMILES string of the molecule is C1=CNC(C2CC2)N1. The lowest BCUT2D eigenvalue weighted by atomic mass is 10.3. The predicted molar refractivity (Wildman–Crippen MR) is 31.9 cm³/mol. The summed E-state index contributed by atoms with van der Waals surface area (Å²) in [5.74, 6) is 0.907. The van der Waals surface area contributed by atoms with Crippen LogP contribution in [0, 0.1) is 5.92 Å².